The third-order valence-corrected chi connectivity index (χ3v) is 4.32. The summed E-state index contributed by atoms with van der Waals surface area (Å²) < 4.78 is 5.58. The van der Waals surface area contributed by atoms with E-state index in [1.54, 1.807) is 18.2 Å². The van der Waals surface area contributed by atoms with Crippen molar-refractivity contribution in [1.29, 1.82) is 0 Å². The summed E-state index contributed by atoms with van der Waals surface area (Å²) in [7, 11) is 0. The van der Waals surface area contributed by atoms with Gasteiger partial charge in [0.15, 0.2) is 0 Å². The second-order valence-corrected chi connectivity index (χ2v) is 6.04. The smallest absolute Gasteiger partial charge is 0.266 e. The zero-order valence-corrected chi connectivity index (χ0v) is 12.7. The number of hydrogen-bond acceptors (Lipinski definition) is 6. The van der Waals surface area contributed by atoms with E-state index in [1.807, 2.05) is 0 Å². The fourth-order valence-electron chi connectivity index (χ4n) is 2.02. The van der Waals surface area contributed by atoms with Crippen LogP contribution in [0.4, 0.5) is 0 Å². The lowest BCUT2D eigenvalue weighted by molar-refractivity contribution is -0.124. The van der Waals surface area contributed by atoms with Gasteiger partial charge in [0, 0.05) is 25.0 Å². The van der Waals surface area contributed by atoms with Crippen molar-refractivity contribution in [2.24, 2.45) is 0 Å². The number of thiocarbonyl (C=S) groups is 1. The van der Waals surface area contributed by atoms with Crippen LogP contribution in [0.2, 0.25) is 0 Å². The van der Waals surface area contributed by atoms with Crippen molar-refractivity contribution in [1.82, 2.24) is 4.90 Å². The summed E-state index contributed by atoms with van der Waals surface area (Å²) in [5, 5.41) is 0. The predicted molar refractivity (Wildman–Crippen MR) is 83.5 cm³/mol. The molecule has 110 valence electrons. The molecule has 1 aliphatic heterocycles. The Morgan fingerprint density at radius 1 is 1.38 bits per heavy atom. The lowest BCUT2D eigenvalue weighted by atomic mass is 10.1. The molecule has 1 amide bonds. The molecule has 0 aliphatic carbocycles. The van der Waals surface area contributed by atoms with Gasteiger partial charge in [0.05, 0.1) is 11.2 Å². The quantitative estimate of drug-likeness (QED) is 0.436. The largest absolute Gasteiger partial charge is 0.465 e. The first-order chi connectivity index (χ1) is 10.2. The molecule has 2 rings (SSSR count). The molecule has 1 aromatic rings. The molecule has 0 saturated carbocycles. The molecular weight excluding hydrogens is 310 g/mol. The fourth-order valence-corrected chi connectivity index (χ4v) is 3.40. The molecule has 5 nitrogen and oxygen atoms in total. The zero-order valence-electron chi connectivity index (χ0n) is 11.1. The van der Waals surface area contributed by atoms with Gasteiger partial charge >= 0.3 is 0 Å². The summed E-state index contributed by atoms with van der Waals surface area (Å²) in [6.45, 7) is 0. The average Bonchev–Trinajstić information content (AvgIpc) is 3.05. The maximum absolute atomic E-state index is 12.4. The molecule has 1 unspecified atom stereocenters. The molecule has 21 heavy (non-hydrogen) atoms. The first-order valence-corrected chi connectivity index (χ1v) is 7.57. The first kappa shape index (κ1) is 15.7. The molecule has 1 saturated heterocycles. The highest BCUT2D eigenvalue weighted by Crippen LogP contribution is 2.35. The summed E-state index contributed by atoms with van der Waals surface area (Å²) in [6.07, 6.45) is 5.52. The van der Waals surface area contributed by atoms with Crippen LogP contribution in [0.15, 0.2) is 27.7 Å². The summed E-state index contributed by atoms with van der Waals surface area (Å²) >= 11 is 6.40. The average molecular weight is 323 g/mol. The van der Waals surface area contributed by atoms with Gasteiger partial charge in [-0.25, -0.2) is 0 Å². The number of hydrogen-bond donors (Lipinski definition) is 0. The van der Waals surface area contributed by atoms with Crippen molar-refractivity contribution in [2.75, 3.05) is 0 Å². The monoisotopic (exact) mass is 323 g/mol. The molecule has 0 N–H and O–H groups in total. The maximum atomic E-state index is 12.4. The Morgan fingerprint density at radius 3 is 2.81 bits per heavy atom. The van der Waals surface area contributed by atoms with Crippen molar-refractivity contribution in [3.8, 4) is 0 Å². The van der Waals surface area contributed by atoms with Crippen molar-refractivity contribution >= 4 is 52.9 Å². The predicted octanol–water partition coefficient (Wildman–Crippen LogP) is 2.42. The maximum Gasteiger partial charge on any atom is 0.266 e. The topological polar surface area (TPSA) is 67.6 Å². The van der Waals surface area contributed by atoms with Gasteiger partial charge in [-0.05, 0) is 18.6 Å². The van der Waals surface area contributed by atoms with Crippen LogP contribution in [0, 0.1) is 0 Å². The van der Waals surface area contributed by atoms with Gasteiger partial charge in [-0.2, -0.15) is 0 Å². The van der Waals surface area contributed by atoms with Crippen LogP contribution in [0.1, 0.15) is 25.0 Å². The van der Waals surface area contributed by atoms with Crippen molar-refractivity contribution < 1.29 is 18.8 Å². The van der Waals surface area contributed by atoms with Crippen LogP contribution in [-0.4, -0.2) is 33.7 Å². The summed E-state index contributed by atoms with van der Waals surface area (Å²) in [5.41, 5.74) is 0. The molecule has 1 aromatic heterocycles. The Hall–Kier alpha value is -1.73. The molecule has 1 aliphatic rings. The lowest BCUT2D eigenvalue weighted by Crippen LogP contribution is -2.39. The second-order valence-electron chi connectivity index (χ2n) is 4.37. The van der Waals surface area contributed by atoms with Crippen molar-refractivity contribution in [3.05, 3.63) is 29.1 Å². The zero-order chi connectivity index (χ0) is 15.2. The highest BCUT2D eigenvalue weighted by molar-refractivity contribution is 8.26. The number of carbonyl (C=O) groups is 3. The molecule has 0 bridgehead atoms. The van der Waals surface area contributed by atoms with Gasteiger partial charge in [-0.15, -0.1) is 0 Å². The number of furan rings is 1. The van der Waals surface area contributed by atoms with Crippen LogP contribution < -0.4 is 0 Å². The summed E-state index contributed by atoms with van der Waals surface area (Å²) in [5.74, 6) is 0.314. The number of thioether (sulfide) groups is 1. The number of rotatable bonds is 7. The number of carbonyl (C=O) groups excluding carboxylic acids is 3. The summed E-state index contributed by atoms with van der Waals surface area (Å²) in [4.78, 5) is 35.6. The minimum Gasteiger partial charge on any atom is -0.465 e. The van der Waals surface area contributed by atoms with E-state index in [0.717, 1.165) is 12.6 Å². The molecule has 7 heteroatoms. The van der Waals surface area contributed by atoms with Crippen LogP contribution in [0.25, 0.3) is 6.08 Å². The van der Waals surface area contributed by atoms with Crippen molar-refractivity contribution in [2.45, 2.75) is 25.3 Å². The van der Waals surface area contributed by atoms with Crippen LogP contribution in [0.3, 0.4) is 0 Å². The van der Waals surface area contributed by atoms with Gasteiger partial charge in [-0.1, -0.05) is 24.0 Å². The molecule has 0 radical (unpaired) electrons. The number of aldehydes is 2. The molecule has 2 heterocycles. The molecule has 0 aromatic carbocycles. The summed E-state index contributed by atoms with van der Waals surface area (Å²) in [6, 6.07) is 3.09. The lowest BCUT2D eigenvalue weighted by Gasteiger charge is -2.24. The normalized spacial score (nSPS) is 18.3. The van der Waals surface area contributed by atoms with Gasteiger partial charge < -0.3 is 14.0 Å². The van der Waals surface area contributed by atoms with Crippen molar-refractivity contribution in [3.63, 3.8) is 0 Å². The minimum atomic E-state index is -0.372. The highest BCUT2D eigenvalue weighted by Gasteiger charge is 2.36. The highest BCUT2D eigenvalue weighted by atomic mass is 32.2. The molecule has 1 atom stereocenters. The van der Waals surface area contributed by atoms with E-state index < -0.39 is 0 Å². The fraction of sp³-hybridized carbons (Fsp3) is 0.286. The Kier molecular flexibility index (Phi) is 5.46. The molecular formula is C14H13NO4S2. The standard InChI is InChI=1S/C14H13NO4S2/c16-6-1-3-10(5-7-17)15-13(18)12(21-14(15)20)9-11-4-2-8-19-11/h2,4,6-10H,1,3,5H2/b12-9-. The Bertz CT molecular complexity index is 580. The van der Waals surface area contributed by atoms with Crippen LogP contribution >= 0.6 is 24.0 Å². The third kappa shape index (κ3) is 3.68. The van der Waals surface area contributed by atoms with E-state index in [1.165, 1.54) is 22.9 Å². The number of amides is 1. The molecule has 1 fully saturated rings. The molecule has 0 spiro atoms. The first-order valence-electron chi connectivity index (χ1n) is 6.35. The van der Waals surface area contributed by atoms with E-state index in [4.69, 9.17) is 16.6 Å². The van der Waals surface area contributed by atoms with E-state index in [-0.39, 0.29) is 24.8 Å². The van der Waals surface area contributed by atoms with Crippen LogP contribution in [0.5, 0.6) is 0 Å². The van der Waals surface area contributed by atoms with E-state index in [2.05, 4.69) is 0 Å². The van der Waals surface area contributed by atoms with Crippen LogP contribution in [-0.2, 0) is 14.4 Å². The number of nitrogens with zero attached hydrogens (tertiary/aromatic N) is 1. The SMILES string of the molecule is O=CCCC(CC=O)N1C(=O)/C(=C/c2ccco2)SC1=S. The van der Waals surface area contributed by atoms with Gasteiger partial charge in [-0.3, -0.25) is 9.69 Å². The Morgan fingerprint density at radius 2 is 2.19 bits per heavy atom. The minimum absolute atomic E-state index is 0.161. The van der Waals surface area contributed by atoms with Gasteiger partial charge in [0.2, 0.25) is 0 Å². The van der Waals surface area contributed by atoms with Gasteiger partial charge in [0.1, 0.15) is 22.7 Å². The Labute approximate surface area is 131 Å². The second kappa shape index (κ2) is 7.33. The van der Waals surface area contributed by atoms with Gasteiger partial charge in [0.25, 0.3) is 5.91 Å². The Balaban J connectivity index is 2.20. The van der Waals surface area contributed by atoms with E-state index >= 15 is 0 Å². The van der Waals surface area contributed by atoms with E-state index in [0.29, 0.717) is 21.4 Å². The third-order valence-electron chi connectivity index (χ3n) is 2.99. The van der Waals surface area contributed by atoms with E-state index in [9.17, 15) is 14.4 Å².